The van der Waals surface area contributed by atoms with Gasteiger partial charge in [-0.25, -0.2) is 0 Å². The lowest BCUT2D eigenvalue weighted by Crippen LogP contribution is -2.41. The van der Waals surface area contributed by atoms with Crippen LogP contribution in [0.25, 0.3) is 0 Å². The third kappa shape index (κ3) is 3.87. The molecule has 1 heterocycles. The minimum atomic E-state index is 0.492. The van der Waals surface area contributed by atoms with E-state index in [1.54, 1.807) is 0 Å². The molecule has 0 aromatic rings. The van der Waals surface area contributed by atoms with Crippen LogP contribution in [-0.2, 0) is 0 Å². The molecule has 3 heteroatoms. The van der Waals surface area contributed by atoms with Gasteiger partial charge >= 0.3 is 0 Å². The molecule has 100 valence electrons. The highest BCUT2D eigenvalue weighted by atomic mass is 32.2. The molecule has 2 fully saturated rings. The molecule has 0 aromatic carbocycles. The summed E-state index contributed by atoms with van der Waals surface area (Å²) in [5.74, 6) is 1.32. The molecule has 2 N–H and O–H groups in total. The normalized spacial score (nSPS) is 30.4. The predicted molar refractivity (Wildman–Crippen MR) is 77.5 cm³/mol. The fourth-order valence-corrected chi connectivity index (χ4v) is 4.43. The topological polar surface area (TPSA) is 29.3 Å². The van der Waals surface area contributed by atoms with E-state index in [4.69, 9.17) is 5.73 Å². The molecule has 1 unspecified atom stereocenters. The first kappa shape index (κ1) is 13.7. The zero-order valence-corrected chi connectivity index (χ0v) is 12.1. The van der Waals surface area contributed by atoms with E-state index >= 15 is 0 Å². The van der Waals surface area contributed by atoms with Gasteiger partial charge in [0.05, 0.1) is 0 Å². The number of nitrogens with two attached hydrogens (primary N) is 1. The highest BCUT2D eigenvalue weighted by Crippen LogP contribution is 2.38. The highest BCUT2D eigenvalue weighted by molar-refractivity contribution is 7.99. The van der Waals surface area contributed by atoms with E-state index in [2.05, 4.69) is 23.6 Å². The Morgan fingerprint density at radius 2 is 2.06 bits per heavy atom. The molecule has 0 aromatic heterocycles. The molecule has 0 amide bonds. The molecule has 1 atom stereocenters. The summed E-state index contributed by atoms with van der Waals surface area (Å²) in [4.78, 5) is 2.66. The van der Waals surface area contributed by atoms with Gasteiger partial charge in [-0.15, -0.1) is 0 Å². The van der Waals surface area contributed by atoms with Gasteiger partial charge in [-0.1, -0.05) is 26.2 Å². The fourth-order valence-electron chi connectivity index (χ4n) is 3.35. The van der Waals surface area contributed by atoms with Gasteiger partial charge in [-0.2, -0.15) is 11.8 Å². The summed E-state index contributed by atoms with van der Waals surface area (Å²) < 4.78 is 0. The van der Waals surface area contributed by atoms with E-state index in [0.29, 0.717) is 5.41 Å². The van der Waals surface area contributed by atoms with Crippen LogP contribution in [0.3, 0.4) is 0 Å². The molecule has 2 rings (SSSR count). The third-order valence-corrected chi connectivity index (χ3v) is 5.77. The Balaban J connectivity index is 1.78. The van der Waals surface area contributed by atoms with Crippen molar-refractivity contribution in [3.63, 3.8) is 0 Å². The SMILES string of the molecule is CC1CN(CCC2(CN)CCCCC2)CCS1. The molecule has 1 aliphatic carbocycles. The number of hydrogen-bond acceptors (Lipinski definition) is 3. The summed E-state index contributed by atoms with van der Waals surface area (Å²) in [5.41, 5.74) is 6.55. The van der Waals surface area contributed by atoms with Gasteiger partial charge in [-0.3, -0.25) is 0 Å². The highest BCUT2D eigenvalue weighted by Gasteiger charge is 2.31. The largest absolute Gasteiger partial charge is 0.330 e. The molecular formula is C14H28N2S. The summed E-state index contributed by atoms with van der Waals surface area (Å²) in [6.45, 7) is 7.12. The first-order chi connectivity index (χ1) is 8.24. The molecule has 2 aliphatic rings. The van der Waals surface area contributed by atoms with Crippen LogP contribution in [0.15, 0.2) is 0 Å². The number of rotatable bonds is 4. The Morgan fingerprint density at radius 1 is 1.29 bits per heavy atom. The fraction of sp³-hybridized carbons (Fsp3) is 1.00. The van der Waals surface area contributed by atoms with Crippen molar-refractivity contribution in [1.29, 1.82) is 0 Å². The van der Waals surface area contributed by atoms with Crippen LogP contribution in [0.5, 0.6) is 0 Å². The lowest BCUT2D eigenvalue weighted by atomic mass is 9.72. The second kappa shape index (κ2) is 6.44. The van der Waals surface area contributed by atoms with E-state index in [9.17, 15) is 0 Å². The number of hydrogen-bond donors (Lipinski definition) is 1. The van der Waals surface area contributed by atoms with Gasteiger partial charge in [-0.05, 0) is 37.8 Å². The average molecular weight is 256 g/mol. The summed E-state index contributed by atoms with van der Waals surface area (Å²) in [6.07, 6.45) is 8.33. The summed E-state index contributed by atoms with van der Waals surface area (Å²) in [5, 5.41) is 0.823. The Hall–Kier alpha value is 0.270. The molecule has 2 nitrogen and oxygen atoms in total. The van der Waals surface area contributed by atoms with Gasteiger partial charge in [0.2, 0.25) is 0 Å². The van der Waals surface area contributed by atoms with Crippen molar-refractivity contribution in [2.45, 2.75) is 50.7 Å². The first-order valence-electron chi connectivity index (χ1n) is 7.28. The van der Waals surface area contributed by atoms with Crippen molar-refractivity contribution in [1.82, 2.24) is 4.90 Å². The molecular weight excluding hydrogens is 228 g/mol. The third-order valence-electron chi connectivity index (χ3n) is 4.63. The molecule has 1 aliphatic heterocycles. The van der Waals surface area contributed by atoms with E-state index in [1.165, 1.54) is 63.9 Å². The van der Waals surface area contributed by atoms with Gasteiger partial charge in [0.1, 0.15) is 0 Å². The van der Waals surface area contributed by atoms with Gasteiger partial charge < -0.3 is 10.6 Å². The molecule has 17 heavy (non-hydrogen) atoms. The molecule has 0 bridgehead atoms. The Kier molecular flexibility index (Phi) is 5.19. The van der Waals surface area contributed by atoms with Crippen molar-refractivity contribution in [2.24, 2.45) is 11.1 Å². The summed E-state index contributed by atoms with van der Waals surface area (Å²) >= 11 is 2.12. The maximum atomic E-state index is 6.06. The van der Waals surface area contributed by atoms with Crippen molar-refractivity contribution >= 4 is 11.8 Å². The summed E-state index contributed by atoms with van der Waals surface area (Å²) in [7, 11) is 0. The van der Waals surface area contributed by atoms with Crippen LogP contribution in [0.2, 0.25) is 0 Å². The van der Waals surface area contributed by atoms with Crippen LogP contribution in [0, 0.1) is 5.41 Å². The molecule has 1 saturated carbocycles. The van der Waals surface area contributed by atoms with Crippen LogP contribution >= 0.6 is 11.8 Å². The van der Waals surface area contributed by atoms with Crippen molar-refractivity contribution in [3.05, 3.63) is 0 Å². The molecule has 0 radical (unpaired) electrons. The van der Waals surface area contributed by atoms with Crippen LogP contribution in [0.1, 0.15) is 45.4 Å². The average Bonchev–Trinajstić information content (AvgIpc) is 2.38. The van der Waals surface area contributed by atoms with E-state index in [1.807, 2.05) is 0 Å². The molecule has 1 saturated heterocycles. The number of nitrogens with zero attached hydrogens (tertiary/aromatic N) is 1. The van der Waals surface area contributed by atoms with Crippen molar-refractivity contribution in [3.8, 4) is 0 Å². The standard InChI is InChI=1S/C14H28N2S/c1-13-11-16(9-10-17-13)8-7-14(12-15)5-3-2-4-6-14/h13H,2-12,15H2,1H3. The van der Waals surface area contributed by atoms with Gasteiger partial charge in [0.15, 0.2) is 0 Å². The minimum Gasteiger partial charge on any atom is -0.330 e. The Bertz CT molecular complexity index is 226. The predicted octanol–water partition coefficient (Wildman–Crippen LogP) is 2.72. The summed E-state index contributed by atoms with van der Waals surface area (Å²) in [6, 6.07) is 0. The molecule has 0 spiro atoms. The lowest BCUT2D eigenvalue weighted by Gasteiger charge is -2.39. The second-order valence-electron chi connectivity index (χ2n) is 6.00. The van der Waals surface area contributed by atoms with E-state index in [0.717, 1.165) is 11.8 Å². The Morgan fingerprint density at radius 3 is 2.71 bits per heavy atom. The van der Waals surface area contributed by atoms with E-state index in [-0.39, 0.29) is 0 Å². The second-order valence-corrected chi connectivity index (χ2v) is 7.54. The van der Waals surface area contributed by atoms with Crippen molar-refractivity contribution < 1.29 is 0 Å². The number of thioether (sulfide) groups is 1. The minimum absolute atomic E-state index is 0.492. The zero-order valence-electron chi connectivity index (χ0n) is 11.3. The first-order valence-corrected chi connectivity index (χ1v) is 8.33. The lowest BCUT2D eigenvalue weighted by molar-refractivity contribution is 0.148. The monoisotopic (exact) mass is 256 g/mol. The van der Waals surface area contributed by atoms with Gasteiger partial charge in [0, 0.05) is 24.1 Å². The van der Waals surface area contributed by atoms with E-state index < -0.39 is 0 Å². The maximum absolute atomic E-state index is 6.06. The van der Waals surface area contributed by atoms with Crippen molar-refractivity contribution in [2.75, 3.05) is 31.9 Å². The zero-order chi connectivity index (χ0) is 12.1. The Labute approximate surface area is 111 Å². The van der Waals surface area contributed by atoms with Crippen LogP contribution in [0.4, 0.5) is 0 Å². The quantitative estimate of drug-likeness (QED) is 0.838. The van der Waals surface area contributed by atoms with Gasteiger partial charge in [0.25, 0.3) is 0 Å². The van der Waals surface area contributed by atoms with Crippen LogP contribution in [-0.4, -0.2) is 42.1 Å². The smallest absolute Gasteiger partial charge is 0.0147 e. The van der Waals surface area contributed by atoms with Crippen LogP contribution < -0.4 is 5.73 Å². The maximum Gasteiger partial charge on any atom is 0.0147 e.